The first-order valence-corrected chi connectivity index (χ1v) is 8.90. The van der Waals surface area contributed by atoms with Gasteiger partial charge in [0.25, 0.3) is 0 Å². The van der Waals surface area contributed by atoms with Crippen LogP contribution in [0.3, 0.4) is 0 Å². The number of methoxy groups -OCH3 is 3. The molecule has 0 atom stereocenters. The predicted molar refractivity (Wildman–Crippen MR) is 109 cm³/mol. The van der Waals surface area contributed by atoms with E-state index in [-0.39, 0.29) is 5.97 Å². The lowest BCUT2D eigenvalue weighted by Crippen LogP contribution is -2.05. The second kappa shape index (κ2) is 9.45. The number of esters is 1. The third-order valence-electron chi connectivity index (χ3n) is 4.21. The number of carbonyl (C=O) groups is 1. The molecular formula is C22H22N2O5. The van der Waals surface area contributed by atoms with E-state index in [2.05, 4.69) is 10.5 Å². The fourth-order valence-electron chi connectivity index (χ4n) is 2.73. The summed E-state index contributed by atoms with van der Waals surface area (Å²) in [6.07, 6.45) is 1.59. The van der Waals surface area contributed by atoms with Gasteiger partial charge in [-0.2, -0.15) is 5.10 Å². The van der Waals surface area contributed by atoms with E-state index in [4.69, 9.17) is 18.6 Å². The summed E-state index contributed by atoms with van der Waals surface area (Å²) >= 11 is 0. The minimum atomic E-state index is -0.389. The van der Waals surface area contributed by atoms with E-state index in [1.807, 2.05) is 36.4 Å². The summed E-state index contributed by atoms with van der Waals surface area (Å²) in [6.45, 7) is 0.519. The fraction of sp³-hybridized carbons (Fsp3) is 0.182. The van der Waals surface area contributed by atoms with Crippen molar-refractivity contribution in [3.8, 4) is 22.8 Å². The Bertz CT molecular complexity index is 1010. The van der Waals surface area contributed by atoms with Gasteiger partial charge in [0.15, 0.2) is 11.5 Å². The van der Waals surface area contributed by atoms with Crippen LogP contribution in [0.2, 0.25) is 0 Å². The van der Waals surface area contributed by atoms with Crippen LogP contribution in [0.5, 0.6) is 11.5 Å². The summed E-state index contributed by atoms with van der Waals surface area (Å²) in [7, 11) is 4.55. The molecule has 1 heterocycles. The molecule has 7 heteroatoms. The lowest BCUT2D eigenvalue weighted by molar-refractivity contribution is 0.0601. The van der Waals surface area contributed by atoms with E-state index in [0.717, 1.165) is 11.1 Å². The average molecular weight is 394 g/mol. The molecule has 2 aromatic carbocycles. The van der Waals surface area contributed by atoms with Crippen molar-refractivity contribution in [2.45, 2.75) is 6.54 Å². The summed E-state index contributed by atoms with van der Waals surface area (Å²) in [5, 5.41) is 4.19. The number of hydrazone groups is 1. The molecule has 3 rings (SSSR count). The van der Waals surface area contributed by atoms with Crippen molar-refractivity contribution < 1.29 is 23.4 Å². The number of benzene rings is 2. The summed E-state index contributed by atoms with van der Waals surface area (Å²) in [5.41, 5.74) is 5.22. The molecule has 3 aromatic rings. The van der Waals surface area contributed by atoms with Gasteiger partial charge in [-0.05, 0) is 42.0 Å². The minimum Gasteiger partial charge on any atom is -0.493 e. The van der Waals surface area contributed by atoms with Gasteiger partial charge in [0.2, 0.25) is 0 Å². The Morgan fingerprint density at radius 3 is 2.62 bits per heavy atom. The summed E-state index contributed by atoms with van der Waals surface area (Å²) < 4.78 is 21.0. The highest BCUT2D eigenvalue weighted by Crippen LogP contribution is 2.27. The van der Waals surface area contributed by atoms with Gasteiger partial charge in [0, 0.05) is 5.56 Å². The molecule has 0 unspecified atom stereocenters. The van der Waals surface area contributed by atoms with Crippen LogP contribution < -0.4 is 14.9 Å². The highest BCUT2D eigenvalue weighted by Gasteiger charge is 2.09. The first-order chi connectivity index (χ1) is 14.1. The lowest BCUT2D eigenvalue weighted by Gasteiger charge is -2.09. The fourth-order valence-corrected chi connectivity index (χ4v) is 2.73. The molecule has 1 N–H and O–H groups in total. The molecule has 0 fully saturated rings. The smallest absolute Gasteiger partial charge is 0.337 e. The standard InChI is InChI=1S/C22H22N2O5/c1-26-20-9-7-15(11-21(20)27-2)13-23-24-14-18-8-10-19(29-18)16-5-4-6-17(12-16)22(25)28-3/h4-12,14,23H,13H2,1-3H3/b24-14-. The summed E-state index contributed by atoms with van der Waals surface area (Å²) in [4.78, 5) is 11.7. The maximum atomic E-state index is 11.7. The van der Waals surface area contributed by atoms with Crippen LogP contribution in [0, 0.1) is 0 Å². The molecule has 0 spiro atoms. The third kappa shape index (κ3) is 4.95. The van der Waals surface area contributed by atoms with Gasteiger partial charge in [-0.15, -0.1) is 0 Å². The lowest BCUT2D eigenvalue weighted by atomic mass is 10.1. The number of rotatable bonds is 8. The highest BCUT2D eigenvalue weighted by atomic mass is 16.5. The first kappa shape index (κ1) is 20.0. The number of hydrogen-bond donors (Lipinski definition) is 1. The van der Waals surface area contributed by atoms with Crippen LogP contribution in [0.15, 0.2) is 64.1 Å². The molecule has 7 nitrogen and oxygen atoms in total. The second-order valence-corrected chi connectivity index (χ2v) is 6.06. The molecular weight excluding hydrogens is 372 g/mol. The Hall–Kier alpha value is -3.74. The highest BCUT2D eigenvalue weighted by molar-refractivity contribution is 5.90. The van der Waals surface area contributed by atoms with Crippen LogP contribution in [-0.4, -0.2) is 33.5 Å². The quantitative estimate of drug-likeness (QED) is 0.355. The van der Waals surface area contributed by atoms with E-state index >= 15 is 0 Å². The van der Waals surface area contributed by atoms with Crippen LogP contribution in [-0.2, 0) is 11.3 Å². The van der Waals surface area contributed by atoms with Crippen LogP contribution in [0.1, 0.15) is 21.7 Å². The topological polar surface area (TPSA) is 82.3 Å². The van der Waals surface area contributed by atoms with Gasteiger partial charge in [-0.3, -0.25) is 0 Å². The van der Waals surface area contributed by atoms with Gasteiger partial charge in [-0.25, -0.2) is 4.79 Å². The van der Waals surface area contributed by atoms with Crippen molar-refractivity contribution in [1.29, 1.82) is 0 Å². The molecule has 0 aliphatic rings. The van der Waals surface area contributed by atoms with Gasteiger partial charge in [0.05, 0.1) is 39.7 Å². The molecule has 0 saturated carbocycles. The maximum Gasteiger partial charge on any atom is 0.337 e. The zero-order valence-corrected chi connectivity index (χ0v) is 16.5. The van der Waals surface area contributed by atoms with Crippen LogP contribution in [0.25, 0.3) is 11.3 Å². The molecule has 0 bridgehead atoms. The Labute approximate surface area is 168 Å². The number of ether oxygens (including phenoxy) is 3. The van der Waals surface area contributed by atoms with E-state index in [1.54, 1.807) is 38.6 Å². The van der Waals surface area contributed by atoms with Crippen LogP contribution >= 0.6 is 0 Å². The molecule has 150 valence electrons. The number of nitrogens with zero attached hydrogens (tertiary/aromatic N) is 1. The molecule has 0 saturated heterocycles. The Morgan fingerprint density at radius 1 is 1.03 bits per heavy atom. The molecule has 0 aliphatic heterocycles. The third-order valence-corrected chi connectivity index (χ3v) is 4.21. The summed E-state index contributed by atoms with van der Waals surface area (Å²) in [6, 6.07) is 16.4. The normalized spacial score (nSPS) is 10.7. The zero-order valence-electron chi connectivity index (χ0n) is 16.5. The Kier molecular flexibility index (Phi) is 6.52. The number of carbonyl (C=O) groups excluding carboxylic acids is 1. The largest absolute Gasteiger partial charge is 0.493 e. The maximum absolute atomic E-state index is 11.7. The average Bonchev–Trinajstić information content (AvgIpc) is 3.25. The van der Waals surface area contributed by atoms with Crippen molar-refractivity contribution in [2.24, 2.45) is 5.10 Å². The molecule has 29 heavy (non-hydrogen) atoms. The van der Waals surface area contributed by atoms with Gasteiger partial charge >= 0.3 is 5.97 Å². The number of nitrogens with one attached hydrogen (secondary N) is 1. The monoisotopic (exact) mass is 394 g/mol. The van der Waals surface area contributed by atoms with Crippen LogP contribution in [0.4, 0.5) is 0 Å². The minimum absolute atomic E-state index is 0.389. The van der Waals surface area contributed by atoms with Gasteiger partial charge in [-0.1, -0.05) is 18.2 Å². The molecule has 0 aliphatic carbocycles. The van der Waals surface area contributed by atoms with E-state index in [0.29, 0.717) is 35.1 Å². The SMILES string of the molecule is COC(=O)c1cccc(-c2ccc(/C=N\NCc3ccc(OC)c(OC)c3)o2)c1. The molecule has 1 aromatic heterocycles. The van der Waals surface area contributed by atoms with Crippen molar-refractivity contribution in [2.75, 3.05) is 21.3 Å². The number of hydrogen-bond acceptors (Lipinski definition) is 7. The van der Waals surface area contributed by atoms with Crippen molar-refractivity contribution in [3.05, 3.63) is 71.5 Å². The second-order valence-electron chi connectivity index (χ2n) is 6.06. The van der Waals surface area contributed by atoms with E-state index in [9.17, 15) is 4.79 Å². The molecule has 0 radical (unpaired) electrons. The van der Waals surface area contributed by atoms with Gasteiger partial charge in [0.1, 0.15) is 11.5 Å². The Balaban J connectivity index is 1.62. The summed E-state index contributed by atoms with van der Waals surface area (Å²) in [5.74, 6) is 2.18. The van der Waals surface area contributed by atoms with Crippen molar-refractivity contribution >= 4 is 12.2 Å². The molecule has 0 amide bonds. The first-order valence-electron chi connectivity index (χ1n) is 8.90. The van der Waals surface area contributed by atoms with E-state index < -0.39 is 0 Å². The van der Waals surface area contributed by atoms with Gasteiger partial charge < -0.3 is 24.1 Å². The number of furan rings is 1. The predicted octanol–water partition coefficient (Wildman–Crippen LogP) is 3.87. The van der Waals surface area contributed by atoms with E-state index in [1.165, 1.54) is 7.11 Å². The Morgan fingerprint density at radius 2 is 1.86 bits per heavy atom. The van der Waals surface area contributed by atoms with Crippen molar-refractivity contribution in [1.82, 2.24) is 5.43 Å². The zero-order chi connectivity index (χ0) is 20.6. The van der Waals surface area contributed by atoms with Crippen molar-refractivity contribution in [3.63, 3.8) is 0 Å².